The first-order chi connectivity index (χ1) is 18.6. The van der Waals surface area contributed by atoms with Gasteiger partial charge in [0.1, 0.15) is 5.75 Å². The molecule has 194 valence electrons. The lowest BCUT2D eigenvalue weighted by molar-refractivity contribution is 0.210. The van der Waals surface area contributed by atoms with Crippen LogP contribution in [-0.2, 0) is 6.54 Å². The molecule has 0 spiro atoms. The smallest absolute Gasteiger partial charge is 0.174 e. The van der Waals surface area contributed by atoms with Gasteiger partial charge >= 0.3 is 0 Å². The summed E-state index contributed by atoms with van der Waals surface area (Å²) in [5.74, 6) is 0.923. The number of aromatic nitrogens is 3. The van der Waals surface area contributed by atoms with E-state index in [0.717, 1.165) is 36.5 Å². The number of anilines is 1. The lowest BCUT2D eigenvalue weighted by atomic mass is 9.96. The van der Waals surface area contributed by atoms with E-state index in [0.29, 0.717) is 11.2 Å². The van der Waals surface area contributed by atoms with Crippen LogP contribution in [0.15, 0.2) is 79.3 Å². The molecule has 4 heterocycles. The van der Waals surface area contributed by atoms with Crippen molar-refractivity contribution in [2.75, 3.05) is 4.90 Å². The van der Waals surface area contributed by atoms with E-state index in [1.165, 1.54) is 35.4 Å². The van der Waals surface area contributed by atoms with Gasteiger partial charge in [0, 0.05) is 42.2 Å². The Kier molecular flexibility index (Phi) is 6.85. The molecule has 7 heteroatoms. The Hall–Kier alpha value is -3.71. The normalized spacial score (nSPS) is 19.6. The summed E-state index contributed by atoms with van der Waals surface area (Å²) in [5, 5.41) is 4.30. The molecule has 6 rings (SSSR count). The van der Waals surface area contributed by atoms with Crippen LogP contribution in [0.25, 0.3) is 0 Å². The predicted molar refractivity (Wildman–Crippen MR) is 155 cm³/mol. The minimum atomic E-state index is -0.0759. The number of aryl methyl sites for hydroxylation is 1. The van der Waals surface area contributed by atoms with Gasteiger partial charge in [-0.2, -0.15) is 0 Å². The summed E-state index contributed by atoms with van der Waals surface area (Å²) in [7, 11) is 0. The van der Waals surface area contributed by atoms with E-state index in [1.54, 1.807) is 0 Å². The minimum absolute atomic E-state index is 0.0450. The Morgan fingerprint density at radius 3 is 2.45 bits per heavy atom. The second kappa shape index (κ2) is 10.6. The van der Waals surface area contributed by atoms with E-state index < -0.39 is 0 Å². The summed E-state index contributed by atoms with van der Waals surface area (Å²) >= 11 is 5.96. The first-order valence-electron chi connectivity index (χ1n) is 13.4. The minimum Gasteiger partial charge on any atom is -0.490 e. The van der Waals surface area contributed by atoms with E-state index in [4.69, 9.17) is 21.9 Å². The van der Waals surface area contributed by atoms with Gasteiger partial charge in [-0.1, -0.05) is 6.07 Å². The summed E-state index contributed by atoms with van der Waals surface area (Å²) < 4.78 is 8.60. The van der Waals surface area contributed by atoms with Crippen LogP contribution in [0.2, 0.25) is 0 Å². The van der Waals surface area contributed by atoms with Gasteiger partial charge < -0.3 is 19.5 Å². The van der Waals surface area contributed by atoms with Crippen molar-refractivity contribution >= 4 is 23.0 Å². The lowest BCUT2D eigenvalue weighted by Crippen LogP contribution is -2.29. The third-order valence-electron chi connectivity index (χ3n) is 7.84. The van der Waals surface area contributed by atoms with Crippen LogP contribution in [-0.4, -0.2) is 25.8 Å². The average Bonchev–Trinajstić information content (AvgIpc) is 3.65. The average molecular weight is 524 g/mol. The Labute approximate surface area is 229 Å². The van der Waals surface area contributed by atoms with Crippen LogP contribution in [0.3, 0.4) is 0 Å². The highest BCUT2D eigenvalue weighted by Crippen LogP contribution is 2.43. The number of thiocarbonyl (C=S) groups is 1. The van der Waals surface area contributed by atoms with Crippen molar-refractivity contribution in [3.8, 4) is 5.75 Å². The van der Waals surface area contributed by atoms with Crippen molar-refractivity contribution in [1.82, 2.24) is 19.9 Å². The molecule has 0 bridgehead atoms. The number of rotatable bonds is 7. The molecule has 1 aromatic carbocycles. The van der Waals surface area contributed by atoms with Gasteiger partial charge in [0.05, 0.1) is 23.9 Å². The maximum absolute atomic E-state index is 6.23. The maximum atomic E-state index is 6.23. The molecular formula is C31H33N5OS. The summed E-state index contributed by atoms with van der Waals surface area (Å²) in [5.41, 5.74) is 6.93. The standard InChI is InChI=1S/C31H33N5OS/c1-21-19-27(22(2)35(21)20-23-14-17-32-18-15-23)30-29(28-9-5-6-16-33-28)34-31(38)36(30)24-10-12-26(13-11-24)37-25-7-3-4-8-25/h5-6,9-19,25,29-30H,3-4,7-8,20H2,1-2H3,(H,34,38)/t29-,30+/m1/s1. The van der Waals surface area contributed by atoms with Gasteiger partial charge in [0.25, 0.3) is 0 Å². The van der Waals surface area contributed by atoms with Crippen LogP contribution in [0.5, 0.6) is 5.75 Å². The highest BCUT2D eigenvalue weighted by atomic mass is 32.1. The van der Waals surface area contributed by atoms with Crippen molar-refractivity contribution in [2.24, 2.45) is 0 Å². The molecule has 38 heavy (non-hydrogen) atoms. The molecule has 3 aromatic heterocycles. The van der Waals surface area contributed by atoms with Gasteiger partial charge in [-0.25, -0.2) is 0 Å². The zero-order chi connectivity index (χ0) is 26.1. The van der Waals surface area contributed by atoms with E-state index in [2.05, 4.69) is 82.1 Å². The molecule has 1 aliphatic carbocycles. The number of pyridine rings is 2. The van der Waals surface area contributed by atoms with Gasteiger partial charge in [-0.15, -0.1) is 0 Å². The quantitative estimate of drug-likeness (QED) is 0.281. The Bertz CT molecular complexity index is 1400. The molecule has 0 amide bonds. The van der Waals surface area contributed by atoms with Crippen molar-refractivity contribution in [3.05, 3.63) is 107 Å². The molecule has 1 saturated carbocycles. The van der Waals surface area contributed by atoms with E-state index in [-0.39, 0.29) is 12.1 Å². The highest BCUT2D eigenvalue weighted by Gasteiger charge is 2.42. The fraction of sp³-hybridized carbons (Fsp3) is 0.323. The Balaban J connectivity index is 1.37. The molecule has 2 aliphatic rings. The van der Waals surface area contributed by atoms with Crippen LogP contribution in [0, 0.1) is 13.8 Å². The molecule has 0 radical (unpaired) electrons. The van der Waals surface area contributed by atoms with Gasteiger partial charge in [0.2, 0.25) is 0 Å². The molecule has 2 fully saturated rings. The Morgan fingerprint density at radius 1 is 0.974 bits per heavy atom. The SMILES string of the molecule is Cc1cc([C@H]2[C@@H](c3ccccn3)NC(=S)N2c2ccc(OC3CCCC3)cc2)c(C)n1Cc1ccncc1. The van der Waals surface area contributed by atoms with Crippen molar-refractivity contribution in [1.29, 1.82) is 0 Å². The number of hydrogen-bond donors (Lipinski definition) is 1. The summed E-state index contributed by atoms with van der Waals surface area (Å²) in [6, 6.07) is 20.8. The third kappa shape index (κ3) is 4.78. The Morgan fingerprint density at radius 2 is 1.74 bits per heavy atom. The number of benzene rings is 1. The predicted octanol–water partition coefficient (Wildman–Crippen LogP) is 6.44. The second-order valence-electron chi connectivity index (χ2n) is 10.3. The van der Waals surface area contributed by atoms with Crippen molar-refractivity contribution < 1.29 is 4.74 Å². The number of nitrogens with zero attached hydrogens (tertiary/aromatic N) is 4. The van der Waals surface area contributed by atoms with Gasteiger partial charge in [-0.3, -0.25) is 9.97 Å². The van der Waals surface area contributed by atoms with E-state index >= 15 is 0 Å². The number of nitrogens with one attached hydrogen (secondary N) is 1. The van der Waals surface area contributed by atoms with E-state index in [1.807, 2.05) is 30.7 Å². The molecule has 1 saturated heterocycles. The molecule has 6 nitrogen and oxygen atoms in total. The summed E-state index contributed by atoms with van der Waals surface area (Å²) in [6.45, 7) is 5.18. The topological polar surface area (TPSA) is 55.2 Å². The maximum Gasteiger partial charge on any atom is 0.174 e. The monoisotopic (exact) mass is 523 g/mol. The van der Waals surface area contributed by atoms with E-state index in [9.17, 15) is 0 Å². The largest absolute Gasteiger partial charge is 0.490 e. The third-order valence-corrected chi connectivity index (χ3v) is 8.15. The van der Waals surface area contributed by atoms with Crippen molar-refractivity contribution in [2.45, 2.75) is 64.3 Å². The zero-order valence-corrected chi connectivity index (χ0v) is 22.7. The summed E-state index contributed by atoms with van der Waals surface area (Å²) in [4.78, 5) is 11.1. The molecule has 2 atom stereocenters. The van der Waals surface area contributed by atoms with Gasteiger partial charge in [0.15, 0.2) is 5.11 Å². The first-order valence-corrected chi connectivity index (χ1v) is 13.8. The van der Waals surface area contributed by atoms with Crippen LogP contribution >= 0.6 is 12.2 Å². The van der Waals surface area contributed by atoms with Crippen molar-refractivity contribution in [3.63, 3.8) is 0 Å². The number of ether oxygens (including phenoxy) is 1. The first kappa shape index (κ1) is 24.6. The highest BCUT2D eigenvalue weighted by molar-refractivity contribution is 7.80. The van der Waals surface area contributed by atoms with Crippen LogP contribution in [0.1, 0.15) is 66.0 Å². The lowest BCUT2D eigenvalue weighted by Gasteiger charge is -2.28. The second-order valence-corrected chi connectivity index (χ2v) is 10.7. The molecule has 0 unspecified atom stereocenters. The van der Waals surface area contributed by atoms with Crippen LogP contribution in [0.4, 0.5) is 5.69 Å². The molecular weight excluding hydrogens is 490 g/mol. The summed E-state index contributed by atoms with van der Waals surface area (Å²) in [6.07, 6.45) is 10.7. The zero-order valence-electron chi connectivity index (χ0n) is 21.9. The molecule has 1 aliphatic heterocycles. The van der Waals surface area contributed by atoms with Gasteiger partial charge in [-0.05, 0) is 117 Å². The number of hydrogen-bond acceptors (Lipinski definition) is 4. The fourth-order valence-corrected chi connectivity index (χ4v) is 6.22. The fourth-order valence-electron chi connectivity index (χ4n) is 5.87. The van der Waals surface area contributed by atoms with Crippen LogP contribution < -0.4 is 15.0 Å². The molecule has 1 N–H and O–H groups in total. The molecule has 4 aromatic rings.